The number of aliphatic hydroxyl groups excluding tert-OH is 1. The Hall–Kier alpha value is -1.79. The Bertz CT molecular complexity index is 811. The number of rotatable bonds is 2. The van der Waals surface area contributed by atoms with Crippen molar-refractivity contribution in [2.75, 3.05) is 26.2 Å². The van der Waals surface area contributed by atoms with Gasteiger partial charge in [0.15, 0.2) is 5.17 Å². The van der Waals surface area contributed by atoms with E-state index in [0.717, 1.165) is 56.3 Å². The standard InChI is InChI=1S/C20H23N3O2S/c24-17-11-14-3-1-2-4-16(14)20(17)5-8-22(9-6-20)18(25)12-15-13-26-19-21-7-10-23(15)19/h1-4,13,17,24H,5-12H2/t17-/m0/s1. The highest BCUT2D eigenvalue weighted by atomic mass is 32.2. The Morgan fingerprint density at radius 2 is 2.08 bits per heavy atom. The second kappa shape index (κ2) is 6.13. The Morgan fingerprint density at radius 3 is 2.92 bits per heavy atom. The molecule has 0 radical (unpaired) electrons. The predicted molar refractivity (Wildman–Crippen MR) is 103 cm³/mol. The van der Waals surface area contributed by atoms with Crippen molar-refractivity contribution in [3.8, 4) is 0 Å². The van der Waals surface area contributed by atoms with E-state index in [-0.39, 0.29) is 17.4 Å². The molecule has 0 aromatic heterocycles. The number of thioether (sulfide) groups is 1. The Kier molecular flexibility index (Phi) is 3.87. The van der Waals surface area contributed by atoms with E-state index in [1.165, 1.54) is 11.1 Å². The zero-order valence-electron chi connectivity index (χ0n) is 14.7. The molecule has 6 heteroatoms. The Balaban J connectivity index is 1.26. The average molecular weight is 369 g/mol. The molecule has 1 aromatic rings. The summed E-state index contributed by atoms with van der Waals surface area (Å²) in [5.41, 5.74) is 3.49. The van der Waals surface area contributed by atoms with Gasteiger partial charge >= 0.3 is 0 Å². The van der Waals surface area contributed by atoms with E-state index in [9.17, 15) is 9.90 Å². The van der Waals surface area contributed by atoms with E-state index in [2.05, 4.69) is 33.5 Å². The molecule has 0 unspecified atom stereocenters. The SMILES string of the molecule is O=C(CC1=CSC2=NCCN12)N1CCC2(CC1)c1ccccc1C[C@@H]2O. The number of nitrogens with zero attached hydrogens (tertiary/aromatic N) is 3. The van der Waals surface area contributed by atoms with E-state index in [1.807, 2.05) is 11.0 Å². The molecule has 1 aliphatic carbocycles. The van der Waals surface area contributed by atoms with Crippen molar-refractivity contribution < 1.29 is 9.90 Å². The lowest BCUT2D eigenvalue weighted by molar-refractivity contribution is -0.133. The minimum atomic E-state index is -0.325. The number of piperidine rings is 1. The van der Waals surface area contributed by atoms with Crippen LogP contribution in [0.4, 0.5) is 0 Å². The fourth-order valence-corrected chi connectivity index (χ4v) is 5.86. The number of benzene rings is 1. The summed E-state index contributed by atoms with van der Waals surface area (Å²) in [5, 5.41) is 13.9. The molecule has 5 nitrogen and oxygen atoms in total. The molecule has 1 amide bonds. The van der Waals surface area contributed by atoms with Gasteiger partial charge in [-0.25, -0.2) is 0 Å². The van der Waals surface area contributed by atoms with Gasteiger partial charge in [-0.15, -0.1) is 0 Å². The first kappa shape index (κ1) is 16.4. The van der Waals surface area contributed by atoms with Crippen molar-refractivity contribution in [3.05, 3.63) is 46.5 Å². The number of carbonyl (C=O) groups excluding carboxylic acids is 1. The number of amides is 1. The zero-order chi connectivity index (χ0) is 17.7. The summed E-state index contributed by atoms with van der Waals surface area (Å²) in [6, 6.07) is 8.41. The minimum Gasteiger partial charge on any atom is -0.392 e. The first-order valence-corrected chi connectivity index (χ1v) is 10.3. The monoisotopic (exact) mass is 369 g/mol. The number of aliphatic imine (C=N–C) groups is 1. The second-order valence-corrected chi connectivity index (χ2v) is 8.47. The molecule has 3 heterocycles. The summed E-state index contributed by atoms with van der Waals surface area (Å²) in [7, 11) is 0. The Morgan fingerprint density at radius 1 is 1.27 bits per heavy atom. The van der Waals surface area contributed by atoms with Gasteiger partial charge in [-0.3, -0.25) is 9.79 Å². The lowest BCUT2D eigenvalue weighted by Gasteiger charge is -2.42. The van der Waals surface area contributed by atoms with Crippen molar-refractivity contribution in [2.45, 2.75) is 37.2 Å². The molecule has 4 aliphatic rings. The molecule has 136 valence electrons. The van der Waals surface area contributed by atoms with Crippen LogP contribution >= 0.6 is 11.8 Å². The summed E-state index contributed by atoms with van der Waals surface area (Å²) in [6.45, 7) is 3.18. The first-order valence-electron chi connectivity index (χ1n) is 9.39. The molecule has 26 heavy (non-hydrogen) atoms. The molecule has 5 rings (SSSR count). The number of hydrogen-bond donors (Lipinski definition) is 1. The quantitative estimate of drug-likeness (QED) is 0.868. The van der Waals surface area contributed by atoms with Crippen molar-refractivity contribution in [2.24, 2.45) is 4.99 Å². The fourth-order valence-electron chi connectivity index (χ4n) is 4.91. The third kappa shape index (κ3) is 2.42. The van der Waals surface area contributed by atoms with Crippen LogP contribution < -0.4 is 0 Å². The van der Waals surface area contributed by atoms with Crippen LogP contribution in [-0.4, -0.2) is 58.3 Å². The maximum absolute atomic E-state index is 12.8. The number of aliphatic hydroxyl groups is 1. The van der Waals surface area contributed by atoms with E-state index >= 15 is 0 Å². The largest absolute Gasteiger partial charge is 0.392 e. The number of amidine groups is 1. The van der Waals surface area contributed by atoms with Crippen LogP contribution in [0.2, 0.25) is 0 Å². The molecular formula is C20H23N3O2S. The summed E-state index contributed by atoms with van der Waals surface area (Å²) in [6.07, 6.45) is 2.57. The highest BCUT2D eigenvalue weighted by molar-refractivity contribution is 8.16. The Labute approximate surface area is 157 Å². The summed E-state index contributed by atoms with van der Waals surface area (Å²) >= 11 is 1.63. The van der Waals surface area contributed by atoms with Gasteiger partial charge in [-0.05, 0) is 35.8 Å². The van der Waals surface area contributed by atoms with Gasteiger partial charge in [0.1, 0.15) is 0 Å². The molecule has 1 atom stereocenters. The highest BCUT2D eigenvalue weighted by Crippen LogP contribution is 2.46. The van der Waals surface area contributed by atoms with Gasteiger partial charge in [0.25, 0.3) is 0 Å². The lowest BCUT2D eigenvalue weighted by Crippen LogP contribution is -2.49. The normalized spacial score (nSPS) is 26.0. The first-order chi connectivity index (χ1) is 12.7. The van der Waals surface area contributed by atoms with Crippen molar-refractivity contribution in [1.29, 1.82) is 0 Å². The van der Waals surface area contributed by atoms with Crippen LogP contribution in [0.25, 0.3) is 0 Å². The van der Waals surface area contributed by atoms with Crippen LogP contribution in [0.1, 0.15) is 30.4 Å². The van der Waals surface area contributed by atoms with Crippen LogP contribution in [0.3, 0.4) is 0 Å². The van der Waals surface area contributed by atoms with Gasteiger partial charge in [-0.1, -0.05) is 36.0 Å². The van der Waals surface area contributed by atoms with Crippen LogP contribution in [0, 0.1) is 0 Å². The smallest absolute Gasteiger partial charge is 0.228 e. The molecule has 0 saturated carbocycles. The van der Waals surface area contributed by atoms with Gasteiger partial charge in [0.2, 0.25) is 5.91 Å². The molecule has 1 aromatic carbocycles. The van der Waals surface area contributed by atoms with Gasteiger partial charge in [0, 0.05) is 30.7 Å². The van der Waals surface area contributed by atoms with Gasteiger partial charge < -0.3 is 14.9 Å². The van der Waals surface area contributed by atoms with E-state index in [4.69, 9.17) is 0 Å². The third-order valence-corrected chi connectivity index (χ3v) is 7.34. The third-order valence-electron chi connectivity index (χ3n) is 6.39. The topological polar surface area (TPSA) is 56.1 Å². The average Bonchev–Trinajstić information content (AvgIpc) is 3.33. The van der Waals surface area contributed by atoms with Crippen molar-refractivity contribution >= 4 is 22.8 Å². The summed E-state index contributed by atoms with van der Waals surface area (Å²) < 4.78 is 0. The van der Waals surface area contributed by atoms with Gasteiger partial charge in [0.05, 0.1) is 19.1 Å². The lowest BCUT2D eigenvalue weighted by atomic mass is 9.72. The maximum Gasteiger partial charge on any atom is 0.228 e. The molecule has 1 spiro atoms. The molecule has 0 bridgehead atoms. The van der Waals surface area contributed by atoms with Crippen molar-refractivity contribution in [1.82, 2.24) is 9.80 Å². The van der Waals surface area contributed by atoms with E-state index < -0.39 is 0 Å². The summed E-state index contributed by atoms with van der Waals surface area (Å²) in [5.74, 6) is 0.195. The molecule has 1 N–H and O–H groups in total. The maximum atomic E-state index is 12.8. The molecule has 3 aliphatic heterocycles. The van der Waals surface area contributed by atoms with E-state index in [1.54, 1.807) is 11.8 Å². The zero-order valence-corrected chi connectivity index (χ0v) is 15.5. The molecule has 1 fully saturated rings. The molecule has 1 saturated heterocycles. The second-order valence-electron chi connectivity index (χ2n) is 7.63. The fraction of sp³-hybridized carbons (Fsp3) is 0.500. The summed E-state index contributed by atoms with van der Waals surface area (Å²) in [4.78, 5) is 21.4. The number of likely N-dealkylation sites (tertiary alicyclic amines) is 1. The molecular weight excluding hydrogens is 346 g/mol. The number of carbonyl (C=O) groups is 1. The number of hydrogen-bond acceptors (Lipinski definition) is 5. The number of fused-ring (bicyclic) bond motifs is 3. The van der Waals surface area contributed by atoms with E-state index in [0.29, 0.717) is 6.42 Å². The highest BCUT2D eigenvalue weighted by Gasteiger charge is 2.48. The van der Waals surface area contributed by atoms with Crippen LogP contribution in [-0.2, 0) is 16.6 Å². The minimum absolute atomic E-state index is 0.162. The van der Waals surface area contributed by atoms with Gasteiger partial charge in [-0.2, -0.15) is 0 Å². The van der Waals surface area contributed by atoms with Crippen molar-refractivity contribution in [3.63, 3.8) is 0 Å². The predicted octanol–water partition coefficient (Wildman–Crippen LogP) is 2.11. The van der Waals surface area contributed by atoms with Crippen LogP contribution in [0.5, 0.6) is 0 Å². The van der Waals surface area contributed by atoms with Crippen LogP contribution in [0.15, 0.2) is 40.4 Å².